The van der Waals surface area contributed by atoms with Crippen molar-refractivity contribution < 1.29 is 9.84 Å². The topological polar surface area (TPSA) is 32.7 Å². The van der Waals surface area contributed by atoms with Gasteiger partial charge in [-0.2, -0.15) is 0 Å². The third-order valence-electron chi connectivity index (χ3n) is 2.61. The normalized spacial score (nSPS) is 12.9. The lowest BCUT2D eigenvalue weighted by molar-refractivity contribution is 0.0194. The molecular weight excluding hydrogens is 246 g/mol. The monoisotopic (exact) mass is 267 g/mol. The van der Waals surface area contributed by atoms with E-state index in [1.54, 1.807) is 11.3 Å². The van der Waals surface area contributed by atoms with E-state index in [9.17, 15) is 5.11 Å². The number of nitrogens with zero attached hydrogens (tertiary/aromatic N) is 1. The molecule has 100 valence electrons. The van der Waals surface area contributed by atoms with Gasteiger partial charge in [-0.25, -0.2) is 0 Å². The van der Waals surface area contributed by atoms with Gasteiger partial charge in [-0.3, -0.25) is 4.90 Å². The summed E-state index contributed by atoms with van der Waals surface area (Å²) < 4.78 is 5.15. The first-order valence-corrected chi connectivity index (χ1v) is 6.97. The number of ether oxygens (including phenoxy) is 1. The molecule has 1 heterocycles. The highest BCUT2D eigenvalue weighted by Crippen LogP contribution is 2.14. The van der Waals surface area contributed by atoms with Crippen LogP contribution < -0.4 is 0 Å². The maximum atomic E-state index is 9.89. The number of terminal acetylenes is 1. The summed E-state index contributed by atoms with van der Waals surface area (Å²) in [4.78, 5) is 3.54. The average Bonchev–Trinajstić information content (AvgIpc) is 2.81. The van der Waals surface area contributed by atoms with Crippen LogP contribution in [-0.4, -0.2) is 41.9 Å². The second kappa shape index (κ2) is 8.28. The van der Waals surface area contributed by atoms with E-state index in [1.165, 1.54) is 4.88 Å². The molecule has 1 N–H and O–H groups in total. The Morgan fingerprint density at radius 1 is 1.56 bits per heavy atom. The van der Waals surface area contributed by atoms with Gasteiger partial charge in [0.05, 0.1) is 12.7 Å². The first-order valence-electron chi connectivity index (χ1n) is 6.09. The highest BCUT2D eigenvalue weighted by Gasteiger charge is 2.15. The predicted octanol–water partition coefficient (Wildman–Crippen LogP) is 1.97. The molecule has 0 fully saturated rings. The first kappa shape index (κ1) is 15.2. The molecule has 1 unspecified atom stereocenters. The molecule has 0 aliphatic rings. The van der Waals surface area contributed by atoms with Crippen LogP contribution in [0.15, 0.2) is 17.5 Å². The van der Waals surface area contributed by atoms with Gasteiger partial charge >= 0.3 is 0 Å². The van der Waals surface area contributed by atoms with E-state index in [0.29, 0.717) is 12.6 Å². The minimum absolute atomic E-state index is 0.254. The first-order chi connectivity index (χ1) is 8.63. The minimum Gasteiger partial charge on any atom is -0.389 e. The third-order valence-corrected chi connectivity index (χ3v) is 3.47. The largest absolute Gasteiger partial charge is 0.389 e. The lowest BCUT2D eigenvalue weighted by Gasteiger charge is -2.28. The second-order valence-corrected chi connectivity index (χ2v) is 5.51. The van der Waals surface area contributed by atoms with E-state index in [4.69, 9.17) is 11.2 Å². The Bertz CT molecular complexity index is 356. The number of hydrogen-bond donors (Lipinski definition) is 1. The molecule has 0 bridgehead atoms. The Balaban J connectivity index is 2.40. The summed E-state index contributed by atoms with van der Waals surface area (Å²) in [5.41, 5.74) is 0. The van der Waals surface area contributed by atoms with Crippen molar-refractivity contribution in [2.75, 3.05) is 19.8 Å². The molecule has 0 aliphatic heterocycles. The van der Waals surface area contributed by atoms with Gasteiger partial charge < -0.3 is 9.84 Å². The summed E-state index contributed by atoms with van der Waals surface area (Å²) in [6.45, 7) is 6.26. The van der Waals surface area contributed by atoms with Crippen LogP contribution in [0, 0.1) is 12.3 Å². The lowest BCUT2D eigenvalue weighted by Crippen LogP contribution is -2.38. The van der Waals surface area contributed by atoms with Crippen LogP contribution in [0.25, 0.3) is 0 Å². The Morgan fingerprint density at radius 2 is 2.33 bits per heavy atom. The fourth-order valence-corrected chi connectivity index (χ4v) is 2.37. The van der Waals surface area contributed by atoms with E-state index in [1.807, 2.05) is 6.07 Å². The molecule has 0 saturated carbocycles. The molecule has 0 aliphatic carbocycles. The average molecular weight is 267 g/mol. The van der Waals surface area contributed by atoms with E-state index >= 15 is 0 Å². The zero-order valence-electron chi connectivity index (χ0n) is 11.0. The zero-order chi connectivity index (χ0) is 13.4. The van der Waals surface area contributed by atoms with Crippen molar-refractivity contribution in [2.45, 2.75) is 32.5 Å². The molecule has 0 spiro atoms. The summed E-state index contributed by atoms with van der Waals surface area (Å²) in [5.74, 6) is 2.39. The van der Waals surface area contributed by atoms with Gasteiger partial charge in [-0.05, 0) is 25.3 Å². The Labute approximate surface area is 113 Å². The fraction of sp³-hybridized carbons (Fsp3) is 0.571. The van der Waals surface area contributed by atoms with Crippen molar-refractivity contribution in [2.24, 2.45) is 0 Å². The van der Waals surface area contributed by atoms with Gasteiger partial charge in [-0.1, -0.05) is 12.0 Å². The van der Waals surface area contributed by atoms with Gasteiger partial charge in [-0.15, -0.1) is 17.8 Å². The molecule has 1 atom stereocenters. The van der Waals surface area contributed by atoms with Crippen LogP contribution in [-0.2, 0) is 11.3 Å². The number of aliphatic hydroxyl groups is 1. The van der Waals surface area contributed by atoms with E-state index in [-0.39, 0.29) is 13.2 Å². The smallest absolute Gasteiger partial charge is 0.107 e. The van der Waals surface area contributed by atoms with Gasteiger partial charge in [0, 0.05) is 24.0 Å². The predicted molar refractivity (Wildman–Crippen MR) is 75.5 cm³/mol. The number of aliphatic hydroxyl groups excluding tert-OH is 1. The maximum Gasteiger partial charge on any atom is 0.107 e. The highest BCUT2D eigenvalue weighted by molar-refractivity contribution is 7.09. The van der Waals surface area contributed by atoms with Crippen LogP contribution in [0.3, 0.4) is 0 Å². The number of hydrogen-bond acceptors (Lipinski definition) is 4. The summed E-state index contributed by atoms with van der Waals surface area (Å²) in [7, 11) is 0. The van der Waals surface area contributed by atoms with Crippen LogP contribution in [0.2, 0.25) is 0 Å². The Kier molecular flexibility index (Phi) is 6.99. The lowest BCUT2D eigenvalue weighted by atomic mass is 10.2. The minimum atomic E-state index is -0.499. The molecule has 4 heteroatoms. The molecule has 0 saturated heterocycles. The van der Waals surface area contributed by atoms with Crippen LogP contribution >= 0.6 is 11.3 Å². The molecule has 1 aromatic heterocycles. The summed E-state index contributed by atoms with van der Waals surface area (Å²) >= 11 is 1.74. The van der Waals surface area contributed by atoms with E-state index in [0.717, 1.165) is 6.54 Å². The number of rotatable bonds is 8. The molecule has 1 aromatic rings. The second-order valence-electron chi connectivity index (χ2n) is 4.48. The van der Waals surface area contributed by atoms with Gasteiger partial charge in [0.1, 0.15) is 6.61 Å². The zero-order valence-corrected chi connectivity index (χ0v) is 11.8. The van der Waals surface area contributed by atoms with Crippen molar-refractivity contribution >= 4 is 11.3 Å². The maximum absolute atomic E-state index is 9.89. The Hall–Kier alpha value is -0.860. The highest BCUT2D eigenvalue weighted by atomic mass is 32.1. The molecular formula is C14H21NO2S. The summed E-state index contributed by atoms with van der Waals surface area (Å²) in [6.07, 6.45) is 4.59. The van der Waals surface area contributed by atoms with Crippen LogP contribution in [0.1, 0.15) is 18.7 Å². The van der Waals surface area contributed by atoms with Crippen LogP contribution in [0.4, 0.5) is 0 Å². The Morgan fingerprint density at radius 3 is 2.89 bits per heavy atom. The molecule has 1 rings (SSSR count). The number of thiophene rings is 1. The van der Waals surface area contributed by atoms with Crippen molar-refractivity contribution in [3.8, 4) is 12.3 Å². The molecule has 18 heavy (non-hydrogen) atoms. The van der Waals surface area contributed by atoms with Crippen molar-refractivity contribution in [1.82, 2.24) is 4.90 Å². The fourth-order valence-electron chi connectivity index (χ4n) is 1.64. The SMILES string of the molecule is C#CCOCC(O)CN(Cc1cccs1)C(C)C. The van der Waals surface area contributed by atoms with E-state index < -0.39 is 6.10 Å². The van der Waals surface area contributed by atoms with Gasteiger partial charge in [0.2, 0.25) is 0 Å². The van der Waals surface area contributed by atoms with Crippen molar-refractivity contribution in [3.63, 3.8) is 0 Å². The molecule has 0 amide bonds. The summed E-state index contributed by atoms with van der Waals surface area (Å²) in [5, 5.41) is 12.0. The van der Waals surface area contributed by atoms with Crippen molar-refractivity contribution in [1.29, 1.82) is 0 Å². The van der Waals surface area contributed by atoms with Crippen LogP contribution in [0.5, 0.6) is 0 Å². The molecule has 0 aromatic carbocycles. The molecule has 3 nitrogen and oxygen atoms in total. The quantitative estimate of drug-likeness (QED) is 0.577. The van der Waals surface area contributed by atoms with Crippen molar-refractivity contribution in [3.05, 3.63) is 22.4 Å². The van der Waals surface area contributed by atoms with E-state index in [2.05, 4.69) is 36.1 Å². The van der Waals surface area contributed by atoms with Gasteiger partial charge in [0.15, 0.2) is 0 Å². The third kappa shape index (κ3) is 5.65. The van der Waals surface area contributed by atoms with Gasteiger partial charge in [0.25, 0.3) is 0 Å². The molecule has 0 radical (unpaired) electrons. The standard InChI is InChI=1S/C14H21NO2S/c1-4-7-17-11-13(16)9-15(12(2)3)10-14-6-5-8-18-14/h1,5-6,8,12-13,16H,7,9-11H2,2-3H3. The summed E-state index contributed by atoms with van der Waals surface area (Å²) in [6, 6.07) is 4.54.